The Labute approximate surface area is 197 Å². The zero-order valence-corrected chi connectivity index (χ0v) is 19.5. The number of carbonyl (C=O) groups is 1. The molecule has 0 bridgehead atoms. The van der Waals surface area contributed by atoms with Crippen LogP contribution in [0.15, 0.2) is 83.1 Å². The van der Waals surface area contributed by atoms with Crippen molar-refractivity contribution in [3.8, 4) is 5.75 Å². The number of benzene rings is 3. The van der Waals surface area contributed by atoms with E-state index in [0.717, 1.165) is 27.5 Å². The number of thioether (sulfide) groups is 1. The van der Waals surface area contributed by atoms with Gasteiger partial charge in [-0.2, -0.15) is 5.10 Å². The number of imidazole rings is 1. The zero-order valence-electron chi connectivity index (χ0n) is 18.7. The zero-order chi connectivity index (χ0) is 23.2. The number of carbonyl (C=O) groups excluding carboxylic acids is 1. The number of hydrogen-bond donors (Lipinski definition) is 2. The van der Waals surface area contributed by atoms with Gasteiger partial charge >= 0.3 is 0 Å². The number of nitrogens with one attached hydrogen (secondary N) is 1. The van der Waals surface area contributed by atoms with Gasteiger partial charge in [0, 0.05) is 0 Å². The minimum atomic E-state index is -0.196. The van der Waals surface area contributed by atoms with Crippen molar-refractivity contribution in [2.24, 2.45) is 5.10 Å². The summed E-state index contributed by atoms with van der Waals surface area (Å²) in [5.41, 5.74) is 8.62. The highest BCUT2D eigenvalue weighted by Crippen LogP contribution is 2.25. The third-order valence-electron chi connectivity index (χ3n) is 5.26. The van der Waals surface area contributed by atoms with Crippen molar-refractivity contribution < 1.29 is 9.90 Å². The number of phenols is 1. The molecule has 0 saturated heterocycles. The van der Waals surface area contributed by atoms with Crippen molar-refractivity contribution in [2.45, 2.75) is 32.0 Å². The molecule has 0 saturated carbocycles. The molecule has 1 aromatic heterocycles. The average Bonchev–Trinajstić information content (AvgIpc) is 3.18. The fourth-order valence-electron chi connectivity index (χ4n) is 3.49. The van der Waals surface area contributed by atoms with Gasteiger partial charge in [-0.1, -0.05) is 60.6 Å². The number of aromatic hydroxyl groups is 1. The summed E-state index contributed by atoms with van der Waals surface area (Å²) in [6, 6.07) is 23.2. The molecule has 4 aromatic rings. The Morgan fingerprint density at radius 2 is 1.79 bits per heavy atom. The summed E-state index contributed by atoms with van der Waals surface area (Å²) in [7, 11) is 0. The maximum absolute atomic E-state index is 12.5. The molecule has 0 aliphatic carbocycles. The molecule has 2 N–H and O–H groups in total. The first kappa shape index (κ1) is 22.6. The summed E-state index contributed by atoms with van der Waals surface area (Å²) in [5.74, 6) is 0.203. The van der Waals surface area contributed by atoms with Crippen LogP contribution in [0, 0.1) is 6.92 Å². The number of aromatic nitrogens is 2. The molecule has 0 aliphatic heterocycles. The largest absolute Gasteiger partial charge is 0.508 e. The number of phenolic OH excluding ortho intramolecular Hbond substituents is 1. The molecule has 1 amide bonds. The van der Waals surface area contributed by atoms with Crippen LogP contribution in [-0.2, 0) is 11.3 Å². The molecule has 6 nitrogen and oxygen atoms in total. The quantitative estimate of drug-likeness (QED) is 0.218. The molecule has 33 heavy (non-hydrogen) atoms. The number of para-hydroxylation sites is 2. The van der Waals surface area contributed by atoms with Crippen molar-refractivity contribution >= 4 is 34.4 Å². The standard InChI is InChI=1S/C26H26N4O2S/c1-3-22(20-12-14-21(31)15-13-20)28-29-25(32)17-33-26-27-23-6-4-5-7-24(23)30(26)16-19-10-8-18(2)9-11-19/h4-15,31H,3,16-17H2,1-2H3,(H,29,32). The number of hydrazone groups is 1. The maximum Gasteiger partial charge on any atom is 0.250 e. The Bertz CT molecular complexity index is 1280. The summed E-state index contributed by atoms with van der Waals surface area (Å²) >= 11 is 1.40. The van der Waals surface area contributed by atoms with Crippen molar-refractivity contribution in [1.29, 1.82) is 0 Å². The van der Waals surface area contributed by atoms with Crippen LogP contribution in [0.4, 0.5) is 0 Å². The minimum Gasteiger partial charge on any atom is -0.508 e. The Morgan fingerprint density at radius 1 is 1.06 bits per heavy atom. The lowest BCUT2D eigenvalue weighted by atomic mass is 10.1. The van der Waals surface area contributed by atoms with Crippen LogP contribution >= 0.6 is 11.8 Å². The summed E-state index contributed by atoms with van der Waals surface area (Å²) in [6.45, 7) is 4.73. The van der Waals surface area contributed by atoms with E-state index in [2.05, 4.69) is 52.3 Å². The normalized spacial score (nSPS) is 11.6. The highest BCUT2D eigenvalue weighted by atomic mass is 32.2. The van der Waals surface area contributed by atoms with Gasteiger partial charge in [0.25, 0.3) is 5.91 Å². The van der Waals surface area contributed by atoms with E-state index in [0.29, 0.717) is 13.0 Å². The maximum atomic E-state index is 12.5. The van der Waals surface area contributed by atoms with Gasteiger partial charge in [0.2, 0.25) is 0 Å². The van der Waals surface area contributed by atoms with E-state index in [1.54, 1.807) is 24.3 Å². The van der Waals surface area contributed by atoms with Crippen LogP contribution in [0.1, 0.15) is 30.0 Å². The molecule has 7 heteroatoms. The van der Waals surface area contributed by atoms with Crippen molar-refractivity contribution in [2.75, 3.05) is 5.75 Å². The molecule has 168 valence electrons. The molecular formula is C26H26N4O2S. The molecule has 1 heterocycles. The number of rotatable bonds is 8. The van der Waals surface area contributed by atoms with E-state index < -0.39 is 0 Å². The SMILES string of the molecule is CCC(=NNC(=O)CSc1nc2ccccc2n1Cc1ccc(C)cc1)c1ccc(O)cc1. The van der Waals surface area contributed by atoms with Crippen molar-refractivity contribution in [3.05, 3.63) is 89.5 Å². The first-order valence-electron chi connectivity index (χ1n) is 10.8. The smallest absolute Gasteiger partial charge is 0.250 e. The predicted molar refractivity (Wildman–Crippen MR) is 134 cm³/mol. The van der Waals surface area contributed by atoms with Gasteiger partial charge in [0.05, 0.1) is 29.0 Å². The van der Waals surface area contributed by atoms with Crippen molar-refractivity contribution in [1.82, 2.24) is 15.0 Å². The molecule has 0 spiro atoms. The molecule has 0 fully saturated rings. The third-order valence-corrected chi connectivity index (χ3v) is 6.24. The van der Waals surface area contributed by atoms with E-state index in [1.807, 2.05) is 25.1 Å². The monoisotopic (exact) mass is 458 g/mol. The van der Waals surface area contributed by atoms with Crippen LogP contribution in [0.3, 0.4) is 0 Å². The first-order chi connectivity index (χ1) is 16.0. The van der Waals surface area contributed by atoms with Crippen molar-refractivity contribution in [3.63, 3.8) is 0 Å². The summed E-state index contributed by atoms with van der Waals surface area (Å²) < 4.78 is 2.15. The molecule has 0 unspecified atom stereocenters. The summed E-state index contributed by atoms with van der Waals surface area (Å²) in [6.07, 6.45) is 0.657. The summed E-state index contributed by atoms with van der Waals surface area (Å²) in [4.78, 5) is 17.3. The first-order valence-corrected chi connectivity index (χ1v) is 11.8. The van der Waals surface area contributed by atoms with E-state index in [1.165, 1.54) is 22.9 Å². The second-order valence-electron chi connectivity index (χ2n) is 7.74. The lowest BCUT2D eigenvalue weighted by molar-refractivity contribution is -0.118. The van der Waals surface area contributed by atoms with Gasteiger partial charge in [-0.15, -0.1) is 0 Å². The highest BCUT2D eigenvalue weighted by molar-refractivity contribution is 7.99. The van der Waals surface area contributed by atoms with E-state index >= 15 is 0 Å². The Morgan fingerprint density at radius 3 is 2.52 bits per heavy atom. The van der Waals surface area contributed by atoms with Gasteiger partial charge in [-0.05, 0) is 60.9 Å². The Balaban J connectivity index is 1.47. The van der Waals surface area contributed by atoms with Gasteiger partial charge in [-0.3, -0.25) is 4.79 Å². The lowest BCUT2D eigenvalue weighted by Gasteiger charge is -2.10. The topological polar surface area (TPSA) is 79.5 Å². The fourth-order valence-corrected chi connectivity index (χ4v) is 4.29. The van der Waals surface area contributed by atoms with Crippen LogP contribution in [0.25, 0.3) is 11.0 Å². The Kier molecular flexibility index (Phi) is 7.10. The number of aryl methyl sites for hydroxylation is 1. The van der Waals surface area contributed by atoms with Gasteiger partial charge in [-0.25, -0.2) is 10.4 Å². The molecule has 0 atom stereocenters. The second kappa shape index (κ2) is 10.4. The molecule has 4 rings (SSSR count). The fraction of sp³-hybridized carbons (Fsp3) is 0.192. The molecule has 0 aliphatic rings. The number of amides is 1. The van der Waals surface area contributed by atoms with E-state index in [4.69, 9.17) is 4.98 Å². The van der Waals surface area contributed by atoms with Crippen LogP contribution in [0.5, 0.6) is 5.75 Å². The summed E-state index contributed by atoms with van der Waals surface area (Å²) in [5, 5.41) is 14.6. The average molecular weight is 459 g/mol. The van der Waals surface area contributed by atoms with Gasteiger partial charge < -0.3 is 9.67 Å². The van der Waals surface area contributed by atoms with E-state index in [-0.39, 0.29) is 17.4 Å². The number of nitrogens with zero attached hydrogens (tertiary/aromatic N) is 3. The molecule has 0 radical (unpaired) electrons. The number of fused-ring (bicyclic) bond motifs is 1. The van der Waals surface area contributed by atoms with Gasteiger partial charge in [0.15, 0.2) is 5.16 Å². The molecule has 3 aromatic carbocycles. The molecular weight excluding hydrogens is 432 g/mol. The van der Waals surface area contributed by atoms with E-state index in [9.17, 15) is 9.90 Å². The second-order valence-corrected chi connectivity index (χ2v) is 8.68. The van der Waals surface area contributed by atoms with Crippen LogP contribution in [-0.4, -0.2) is 32.0 Å². The minimum absolute atomic E-state index is 0.196. The lowest BCUT2D eigenvalue weighted by Crippen LogP contribution is -2.22. The van der Waals surface area contributed by atoms with Crippen LogP contribution < -0.4 is 5.43 Å². The predicted octanol–water partition coefficient (Wildman–Crippen LogP) is 5.12. The number of hydrogen-bond acceptors (Lipinski definition) is 5. The highest BCUT2D eigenvalue weighted by Gasteiger charge is 2.13. The van der Waals surface area contributed by atoms with Gasteiger partial charge in [0.1, 0.15) is 5.75 Å². The van der Waals surface area contributed by atoms with Crippen LogP contribution in [0.2, 0.25) is 0 Å². The Hall–Kier alpha value is -3.58. The third kappa shape index (κ3) is 5.62.